The molecule has 164 valence electrons. The monoisotopic (exact) mass is 433 g/mol. The summed E-state index contributed by atoms with van der Waals surface area (Å²) in [6.45, 7) is 1.93. The van der Waals surface area contributed by atoms with Gasteiger partial charge in [0.05, 0.1) is 30.1 Å². The molecule has 0 aliphatic carbocycles. The van der Waals surface area contributed by atoms with Crippen molar-refractivity contribution in [1.82, 2.24) is 9.78 Å². The molecule has 1 N–H and O–H groups in total. The van der Waals surface area contributed by atoms with Gasteiger partial charge in [-0.15, -0.1) is 0 Å². The molecule has 0 amide bonds. The predicted octanol–water partition coefficient (Wildman–Crippen LogP) is 4.56. The number of halogens is 5. The standard InChI is InChI=1S/C19H20F5N3O3/c1-2-30-18(29)13-9-25-27(16(13)17(20)21)12-4-3-7-26(10-12)14-8-11(19(22,23)24)5-6-15(14)28/h5-6,8-9,12,17,28H,2-4,7,10H2,1H3. The predicted molar refractivity (Wildman–Crippen MR) is 96.7 cm³/mol. The number of rotatable bonds is 5. The fourth-order valence-electron chi connectivity index (χ4n) is 3.57. The Bertz CT molecular complexity index is 913. The third-order valence-electron chi connectivity index (χ3n) is 4.92. The second-order valence-corrected chi connectivity index (χ2v) is 6.85. The molecule has 2 aromatic rings. The lowest BCUT2D eigenvalue weighted by Crippen LogP contribution is -2.37. The maximum atomic E-state index is 13.7. The topological polar surface area (TPSA) is 67.6 Å². The Balaban J connectivity index is 1.92. The quantitative estimate of drug-likeness (QED) is 0.553. The SMILES string of the molecule is CCOC(=O)c1cnn(C2CCCN(c3cc(C(F)(F)F)ccc3O)C2)c1C(F)F. The minimum absolute atomic E-state index is 0.0126. The number of alkyl halides is 5. The molecule has 0 spiro atoms. The number of anilines is 1. The summed E-state index contributed by atoms with van der Waals surface area (Å²) in [6.07, 6.45) is -5.67. The fourth-order valence-corrected chi connectivity index (χ4v) is 3.57. The number of carbonyl (C=O) groups excluding carboxylic acids is 1. The van der Waals surface area contributed by atoms with Gasteiger partial charge in [0.2, 0.25) is 0 Å². The average Bonchev–Trinajstić information content (AvgIpc) is 3.13. The smallest absolute Gasteiger partial charge is 0.416 e. The first-order chi connectivity index (χ1) is 14.1. The molecule has 2 heterocycles. The van der Waals surface area contributed by atoms with E-state index in [0.29, 0.717) is 19.4 Å². The molecule has 30 heavy (non-hydrogen) atoms. The van der Waals surface area contributed by atoms with E-state index in [1.165, 1.54) is 4.90 Å². The van der Waals surface area contributed by atoms with Crippen molar-refractivity contribution >= 4 is 11.7 Å². The number of piperidine rings is 1. The van der Waals surface area contributed by atoms with Gasteiger partial charge in [0, 0.05) is 13.1 Å². The van der Waals surface area contributed by atoms with Gasteiger partial charge >= 0.3 is 12.1 Å². The molecule has 0 radical (unpaired) electrons. The van der Waals surface area contributed by atoms with Crippen molar-refractivity contribution < 1.29 is 36.6 Å². The van der Waals surface area contributed by atoms with Crippen LogP contribution in [-0.2, 0) is 10.9 Å². The Hall–Kier alpha value is -2.85. The molecule has 1 aliphatic heterocycles. The summed E-state index contributed by atoms with van der Waals surface area (Å²) in [5.41, 5.74) is -1.89. The maximum Gasteiger partial charge on any atom is 0.416 e. The minimum atomic E-state index is -4.59. The van der Waals surface area contributed by atoms with E-state index in [1.54, 1.807) is 6.92 Å². The van der Waals surface area contributed by atoms with Gasteiger partial charge in [0.25, 0.3) is 6.43 Å². The van der Waals surface area contributed by atoms with Crippen molar-refractivity contribution in [2.24, 2.45) is 0 Å². The number of hydrogen-bond donors (Lipinski definition) is 1. The molecule has 1 aliphatic rings. The first-order valence-electron chi connectivity index (χ1n) is 9.31. The molecule has 6 nitrogen and oxygen atoms in total. The molecular formula is C19H20F5N3O3. The minimum Gasteiger partial charge on any atom is -0.506 e. The summed E-state index contributed by atoms with van der Waals surface area (Å²) >= 11 is 0. The molecule has 0 saturated carbocycles. The Morgan fingerprint density at radius 2 is 2.10 bits per heavy atom. The summed E-state index contributed by atoms with van der Waals surface area (Å²) in [5.74, 6) is -1.26. The number of aromatic nitrogens is 2. The molecule has 0 bridgehead atoms. The van der Waals surface area contributed by atoms with Crippen LogP contribution in [0.1, 0.15) is 53.8 Å². The first-order valence-corrected chi connectivity index (χ1v) is 9.31. The molecule has 1 fully saturated rings. The molecule has 1 aromatic heterocycles. The Morgan fingerprint density at radius 1 is 1.37 bits per heavy atom. The van der Waals surface area contributed by atoms with Crippen LogP contribution in [0.3, 0.4) is 0 Å². The lowest BCUT2D eigenvalue weighted by molar-refractivity contribution is -0.137. The normalized spacial score (nSPS) is 17.4. The second kappa shape index (κ2) is 8.49. The number of esters is 1. The number of benzene rings is 1. The lowest BCUT2D eigenvalue weighted by atomic mass is 10.0. The number of phenolic OH excluding ortho intramolecular Hbond substituents is 1. The van der Waals surface area contributed by atoms with Crippen molar-refractivity contribution in [3.05, 3.63) is 41.2 Å². The number of aromatic hydroxyl groups is 1. The van der Waals surface area contributed by atoms with Crippen LogP contribution in [0.5, 0.6) is 5.75 Å². The van der Waals surface area contributed by atoms with E-state index in [1.807, 2.05) is 0 Å². The van der Waals surface area contributed by atoms with Gasteiger partial charge in [-0.3, -0.25) is 4.68 Å². The van der Waals surface area contributed by atoms with Crippen molar-refractivity contribution in [3.63, 3.8) is 0 Å². The fraction of sp³-hybridized carbons (Fsp3) is 0.474. The van der Waals surface area contributed by atoms with Crippen molar-refractivity contribution in [2.45, 2.75) is 38.4 Å². The Labute approximate surface area is 168 Å². The summed E-state index contributed by atoms with van der Waals surface area (Å²) in [4.78, 5) is 13.5. The van der Waals surface area contributed by atoms with Crippen molar-refractivity contribution in [2.75, 3.05) is 24.6 Å². The third-order valence-corrected chi connectivity index (χ3v) is 4.92. The van der Waals surface area contributed by atoms with E-state index in [2.05, 4.69) is 5.10 Å². The number of hydrogen-bond acceptors (Lipinski definition) is 5. The van der Waals surface area contributed by atoms with Gasteiger partial charge in [0.1, 0.15) is 17.0 Å². The van der Waals surface area contributed by atoms with Gasteiger partial charge in [-0.1, -0.05) is 0 Å². The largest absolute Gasteiger partial charge is 0.506 e. The average molecular weight is 433 g/mol. The van der Waals surface area contributed by atoms with Crippen LogP contribution < -0.4 is 4.90 Å². The Kier molecular flexibility index (Phi) is 6.18. The van der Waals surface area contributed by atoms with Gasteiger partial charge < -0.3 is 14.7 Å². The van der Waals surface area contributed by atoms with Gasteiger partial charge in [0.15, 0.2) is 0 Å². The zero-order chi connectivity index (χ0) is 22.1. The summed E-state index contributed by atoms with van der Waals surface area (Å²) in [7, 11) is 0. The van der Waals surface area contributed by atoms with Crippen LogP contribution >= 0.6 is 0 Å². The molecule has 11 heteroatoms. The van der Waals surface area contributed by atoms with Gasteiger partial charge in [-0.25, -0.2) is 13.6 Å². The number of carbonyl (C=O) groups is 1. The van der Waals surface area contributed by atoms with E-state index in [-0.39, 0.29) is 30.2 Å². The van der Waals surface area contributed by atoms with Crippen LogP contribution in [0.4, 0.5) is 27.6 Å². The van der Waals surface area contributed by atoms with E-state index in [0.717, 1.165) is 29.1 Å². The molecular weight excluding hydrogens is 413 g/mol. The molecule has 1 atom stereocenters. The van der Waals surface area contributed by atoms with E-state index in [4.69, 9.17) is 4.74 Å². The zero-order valence-corrected chi connectivity index (χ0v) is 16.0. The highest BCUT2D eigenvalue weighted by Gasteiger charge is 2.34. The van der Waals surface area contributed by atoms with Crippen molar-refractivity contribution in [1.29, 1.82) is 0 Å². The highest BCUT2D eigenvalue weighted by atomic mass is 19.4. The number of phenols is 1. The van der Waals surface area contributed by atoms with Gasteiger partial charge in [-0.05, 0) is 38.0 Å². The van der Waals surface area contributed by atoms with Gasteiger partial charge in [-0.2, -0.15) is 18.3 Å². The third kappa shape index (κ3) is 4.34. The van der Waals surface area contributed by atoms with E-state index < -0.39 is 35.9 Å². The van der Waals surface area contributed by atoms with Crippen LogP contribution in [0.15, 0.2) is 24.4 Å². The van der Waals surface area contributed by atoms with Crippen molar-refractivity contribution in [3.8, 4) is 5.75 Å². The second-order valence-electron chi connectivity index (χ2n) is 6.85. The molecule has 1 aromatic carbocycles. The lowest BCUT2D eigenvalue weighted by Gasteiger charge is -2.35. The van der Waals surface area contributed by atoms with Crippen LogP contribution in [-0.4, -0.2) is 40.6 Å². The highest BCUT2D eigenvalue weighted by molar-refractivity contribution is 5.90. The maximum absolute atomic E-state index is 13.7. The van der Waals surface area contributed by atoms with Crippen LogP contribution in [0, 0.1) is 0 Å². The van der Waals surface area contributed by atoms with Crippen LogP contribution in [0.25, 0.3) is 0 Å². The summed E-state index contributed by atoms with van der Waals surface area (Å²) < 4.78 is 72.4. The Morgan fingerprint density at radius 3 is 2.73 bits per heavy atom. The summed E-state index contributed by atoms with van der Waals surface area (Å²) in [6, 6.07) is 1.94. The number of nitrogens with zero attached hydrogens (tertiary/aromatic N) is 3. The first kappa shape index (κ1) is 21.8. The zero-order valence-electron chi connectivity index (χ0n) is 16.0. The summed E-state index contributed by atoms with van der Waals surface area (Å²) in [5, 5.41) is 14.0. The van der Waals surface area contributed by atoms with E-state index >= 15 is 0 Å². The van der Waals surface area contributed by atoms with E-state index in [9.17, 15) is 31.9 Å². The highest BCUT2D eigenvalue weighted by Crippen LogP contribution is 2.38. The van der Waals surface area contributed by atoms with Crippen LogP contribution in [0.2, 0.25) is 0 Å². The molecule has 1 saturated heterocycles. The molecule has 3 rings (SSSR count). The molecule has 1 unspecified atom stereocenters. The number of ether oxygens (including phenoxy) is 1.